The zero-order valence-electron chi connectivity index (χ0n) is 16.7. The van der Waals surface area contributed by atoms with Crippen LogP contribution in [0, 0.1) is 0 Å². The van der Waals surface area contributed by atoms with Crippen LogP contribution in [0.15, 0.2) is 71.7 Å². The first-order valence-electron chi connectivity index (χ1n) is 9.90. The first-order valence-corrected chi connectivity index (χ1v) is 10.3. The van der Waals surface area contributed by atoms with Crippen LogP contribution < -0.4 is 15.8 Å². The lowest BCUT2D eigenvalue weighted by atomic mass is 10.1. The van der Waals surface area contributed by atoms with Crippen LogP contribution in [-0.2, 0) is 0 Å². The maximum absolute atomic E-state index is 12.9. The monoisotopic (exact) mass is 436 g/mol. The van der Waals surface area contributed by atoms with Gasteiger partial charge in [0.2, 0.25) is 5.56 Å². The molecule has 0 bridgehead atoms. The molecule has 1 aliphatic rings. The van der Waals surface area contributed by atoms with E-state index >= 15 is 0 Å². The standard InChI is InChI=1S/C23H21ClN4O3/c24-19-3-1-2-4-20(19)27-11-13-28(14-12-27)23(31)16-5-8-18(9-6-16)26-22(30)17-7-10-21(29)25-15-17/h1-10,15H,11-14H2,(H,25,29)(H,26,30). The molecule has 158 valence electrons. The second kappa shape index (κ2) is 9.06. The van der Waals surface area contributed by atoms with Gasteiger partial charge in [-0.05, 0) is 42.5 Å². The minimum atomic E-state index is -0.342. The summed E-state index contributed by atoms with van der Waals surface area (Å²) < 4.78 is 0. The summed E-state index contributed by atoms with van der Waals surface area (Å²) in [6, 6.07) is 17.2. The molecule has 31 heavy (non-hydrogen) atoms. The number of carbonyl (C=O) groups excluding carboxylic acids is 2. The van der Waals surface area contributed by atoms with E-state index in [1.807, 2.05) is 29.2 Å². The Kier molecular flexibility index (Phi) is 6.04. The number of piperazine rings is 1. The number of nitrogens with zero attached hydrogens (tertiary/aromatic N) is 2. The molecule has 7 nitrogen and oxygen atoms in total. The molecule has 0 unspecified atom stereocenters. The van der Waals surface area contributed by atoms with E-state index in [0.717, 1.165) is 5.69 Å². The molecule has 2 aromatic carbocycles. The van der Waals surface area contributed by atoms with Gasteiger partial charge < -0.3 is 20.1 Å². The third kappa shape index (κ3) is 4.78. The Hall–Kier alpha value is -3.58. The van der Waals surface area contributed by atoms with Gasteiger partial charge in [0.1, 0.15) is 0 Å². The maximum atomic E-state index is 12.9. The van der Waals surface area contributed by atoms with Gasteiger partial charge in [-0.15, -0.1) is 0 Å². The van der Waals surface area contributed by atoms with Crippen molar-refractivity contribution in [2.45, 2.75) is 0 Å². The highest BCUT2D eigenvalue weighted by Gasteiger charge is 2.23. The van der Waals surface area contributed by atoms with Crippen LogP contribution in [-0.4, -0.2) is 47.9 Å². The molecule has 4 rings (SSSR count). The van der Waals surface area contributed by atoms with Crippen molar-refractivity contribution >= 4 is 34.8 Å². The van der Waals surface area contributed by atoms with Gasteiger partial charge in [-0.25, -0.2) is 0 Å². The van der Waals surface area contributed by atoms with Crippen molar-refractivity contribution < 1.29 is 9.59 Å². The Balaban J connectivity index is 1.35. The fourth-order valence-electron chi connectivity index (χ4n) is 3.49. The molecule has 2 N–H and O–H groups in total. The van der Waals surface area contributed by atoms with Crippen LogP contribution in [0.1, 0.15) is 20.7 Å². The molecule has 2 amide bonds. The van der Waals surface area contributed by atoms with Crippen molar-refractivity contribution in [2.75, 3.05) is 36.4 Å². The predicted octanol–water partition coefficient (Wildman–Crippen LogP) is 3.24. The number of aromatic amines is 1. The van der Waals surface area contributed by atoms with Crippen LogP contribution >= 0.6 is 11.6 Å². The first kappa shape index (κ1) is 20.7. The summed E-state index contributed by atoms with van der Waals surface area (Å²) in [5.74, 6) is -0.386. The Morgan fingerprint density at radius 1 is 0.871 bits per heavy atom. The molecule has 0 saturated carbocycles. The number of nitrogens with one attached hydrogen (secondary N) is 2. The smallest absolute Gasteiger partial charge is 0.257 e. The zero-order valence-corrected chi connectivity index (χ0v) is 17.4. The summed E-state index contributed by atoms with van der Waals surface area (Å²) in [5, 5.41) is 3.46. The number of H-pyrrole nitrogens is 1. The number of anilines is 2. The molecule has 0 radical (unpaired) electrons. The average Bonchev–Trinajstić information content (AvgIpc) is 2.80. The molecule has 0 aliphatic carbocycles. The summed E-state index contributed by atoms with van der Waals surface area (Å²) in [6.45, 7) is 2.63. The number of aromatic nitrogens is 1. The molecular formula is C23H21ClN4O3. The quantitative estimate of drug-likeness (QED) is 0.657. The Morgan fingerprint density at radius 3 is 2.19 bits per heavy atom. The van der Waals surface area contributed by atoms with E-state index in [0.29, 0.717) is 48.0 Å². The van der Waals surface area contributed by atoms with Gasteiger partial charge in [0.25, 0.3) is 11.8 Å². The van der Waals surface area contributed by atoms with Gasteiger partial charge in [0, 0.05) is 49.7 Å². The van der Waals surface area contributed by atoms with Gasteiger partial charge in [0.15, 0.2) is 0 Å². The highest BCUT2D eigenvalue weighted by Crippen LogP contribution is 2.26. The lowest BCUT2D eigenvalue weighted by molar-refractivity contribution is 0.0746. The number of pyridine rings is 1. The van der Waals surface area contributed by atoms with Crippen molar-refractivity contribution in [1.82, 2.24) is 9.88 Å². The van der Waals surface area contributed by atoms with Crippen LogP contribution in [0.5, 0.6) is 0 Å². The van der Waals surface area contributed by atoms with E-state index < -0.39 is 0 Å². The SMILES string of the molecule is O=C(Nc1ccc(C(=O)N2CCN(c3ccccc3Cl)CC2)cc1)c1ccc(=O)[nH]c1. The van der Waals surface area contributed by atoms with Gasteiger partial charge in [-0.1, -0.05) is 23.7 Å². The zero-order chi connectivity index (χ0) is 21.8. The third-order valence-corrected chi connectivity index (χ3v) is 5.52. The highest BCUT2D eigenvalue weighted by atomic mass is 35.5. The Bertz CT molecular complexity index is 1130. The molecule has 1 fully saturated rings. The van der Waals surface area contributed by atoms with Crippen LogP contribution in [0.25, 0.3) is 0 Å². The Morgan fingerprint density at radius 2 is 1.55 bits per heavy atom. The van der Waals surface area contributed by atoms with Crippen molar-refractivity contribution in [2.24, 2.45) is 0 Å². The normalized spacial score (nSPS) is 13.7. The lowest BCUT2D eigenvalue weighted by Gasteiger charge is -2.36. The first-order chi connectivity index (χ1) is 15.0. The van der Waals surface area contributed by atoms with Crippen molar-refractivity contribution in [3.05, 3.63) is 93.4 Å². The molecule has 1 saturated heterocycles. The minimum absolute atomic E-state index is 0.0441. The van der Waals surface area contributed by atoms with Crippen molar-refractivity contribution in [3.8, 4) is 0 Å². The Labute approximate surface area is 184 Å². The molecule has 3 aromatic rings. The predicted molar refractivity (Wildman–Crippen MR) is 121 cm³/mol. The summed E-state index contributed by atoms with van der Waals surface area (Å²) in [4.78, 5) is 42.7. The fraction of sp³-hybridized carbons (Fsp3) is 0.174. The number of para-hydroxylation sites is 1. The third-order valence-electron chi connectivity index (χ3n) is 5.20. The fourth-order valence-corrected chi connectivity index (χ4v) is 3.75. The molecular weight excluding hydrogens is 416 g/mol. The summed E-state index contributed by atoms with van der Waals surface area (Å²) in [7, 11) is 0. The van der Waals surface area contributed by atoms with Gasteiger partial charge in [-0.3, -0.25) is 14.4 Å². The molecule has 2 heterocycles. The van der Waals surface area contributed by atoms with Gasteiger partial charge in [-0.2, -0.15) is 0 Å². The number of amides is 2. The maximum Gasteiger partial charge on any atom is 0.257 e. The van der Waals surface area contributed by atoms with Crippen molar-refractivity contribution in [3.63, 3.8) is 0 Å². The van der Waals surface area contributed by atoms with Crippen LogP contribution in [0.2, 0.25) is 5.02 Å². The molecule has 1 aromatic heterocycles. The van der Waals surface area contributed by atoms with Crippen molar-refractivity contribution in [1.29, 1.82) is 0 Å². The van der Waals surface area contributed by atoms with Gasteiger partial charge in [0.05, 0.1) is 16.3 Å². The number of hydrogen-bond acceptors (Lipinski definition) is 4. The number of rotatable bonds is 4. The molecule has 0 spiro atoms. The van der Waals surface area contributed by atoms with Gasteiger partial charge >= 0.3 is 0 Å². The number of benzene rings is 2. The topological polar surface area (TPSA) is 85.5 Å². The second-order valence-electron chi connectivity index (χ2n) is 7.20. The summed E-state index contributed by atoms with van der Waals surface area (Å²) >= 11 is 6.28. The number of hydrogen-bond donors (Lipinski definition) is 2. The second-order valence-corrected chi connectivity index (χ2v) is 7.61. The van der Waals surface area contributed by atoms with E-state index in [4.69, 9.17) is 11.6 Å². The largest absolute Gasteiger partial charge is 0.367 e. The van der Waals surface area contributed by atoms with E-state index in [-0.39, 0.29) is 17.4 Å². The lowest BCUT2D eigenvalue weighted by Crippen LogP contribution is -2.48. The number of carbonyl (C=O) groups is 2. The van der Waals surface area contributed by atoms with E-state index in [1.54, 1.807) is 24.3 Å². The molecule has 8 heteroatoms. The van der Waals surface area contributed by atoms with Crippen LogP contribution in [0.3, 0.4) is 0 Å². The summed E-state index contributed by atoms with van der Waals surface area (Å²) in [6.07, 6.45) is 1.36. The van der Waals surface area contributed by atoms with E-state index in [9.17, 15) is 14.4 Å². The molecule has 1 aliphatic heterocycles. The average molecular weight is 437 g/mol. The molecule has 0 atom stereocenters. The number of halogens is 1. The van der Waals surface area contributed by atoms with E-state index in [2.05, 4.69) is 15.2 Å². The highest BCUT2D eigenvalue weighted by molar-refractivity contribution is 6.33. The summed E-state index contributed by atoms with van der Waals surface area (Å²) in [5.41, 5.74) is 2.19. The minimum Gasteiger partial charge on any atom is -0.367 e. The van der Waals surface area contributed by atoms with Crippen LogP contribution in [0.4, 0.5) is 11.4 Å². The van der Waals surface area contributed by atoms with E-state index in [1.165, 1.54) is 18.3 Å².